The van der Waals surface area contributed by atoms with E-state index in [2.05, 4.69) is 17.3 Å². The number of aryl methyl sites for hydroxylation is 1. The molecule has 1 aromatic rings. The summed E-state index contributed by atoms with van der Waals surface area (Å²) in [5.74, 6) is 0. The number of hydrogen-bond acceptors (Lipinski definition) is 4. The quantitative estimate of drug-likeness (QED) is 0.871. The van der Waals surface area contributed by atoms with E-state index in [4.69, 9.17) is 16.3 Å². The van der Waals surface area contributed by atoms with Crippen LogP contribution in [0.15, 0.2) is 11.0 Å². The Labute approximate surface area is 117 Å². The van der Waals surface area contributed by atoms with Gasteiger partial charge in [0.05, 0.1) is 18.0 Å². The smallest absolute Gasteiger partial charge is 0.287 e. The van der Waals surface area contributed by atoms with Gasteiger partial charge in [-0.15, -0.1) is 0 Å². The lowest BCUT2D eigenvalue weighted by Gasteiger charge is -2.35. The molecule has 2 rings (SSSR count). The maximum absolute atomic E-state index is 12.0. The molecule has 19 heavy (non-hydrogen) atoms. The molecule has 0 atom stereocenters. The van der Waals surface area contributed by atoms with Gasteiger partial charge in [0.25, 0.3) is 5.56 Å². The predicted octanol–water partition coefficient (Wildman–Crippen LogP) is 2.29. The Kier molecular flexibility index (Phi) is 4.82. The van der Waals surface area contributed by atoms with Crippen LogP contribution >= 0.6 is 11.6 Å². The first-order valence-corrected chi connectivity index (χ1v) is 7.08. The summed E-state index contributed by atoms with van der Waals surface area (Å²) < 4.78 is 6.64. The Morgan fingerprint density at radius 3 is 2.95 bits per heavy atom. The molecular formula is C13H20ClN3O2. The van der Waals surface area contributed by atoms with Crippen LogP contribution in [0.5, 0.6) is 0 Å². The highest BCUT2D eigenvalue weighted by Gasteiger charge is 2.29. The maximum Gasteiger partial charge on any atom is 0.287 e. The Bertz CT molecular complexity index is 483. The first-order chi connectivity index (χ1) is 9.15. The number of unbranched alkanes of at least 4 members (excludes halogenated alkanes) is 1. The molecule has 1 aliphatic rings. The van der Waals surface area contributed by atoms with Gasteiger partial charge in [0.2, 0.25) is 0 Å². The van der Waals surface area contributed by atoms with Crippen molar-refractivity contribution in [2.45, 2.75) is 51.3 Å². The molecule has 0 radical (unpaired) electrons. The van der Waals surface area contributed by atoms with Gasteiger partial charge in [0.1, 0.15) is 5.02 Å². The van der Waals surface area contributed by atoms with Crippen LogP contribution in [0, 0.1) is 0 Å². The van der Waals surface area contributed by atoms with Crippen molar-refractivity contribution < 1.29 is 4.74 Å². The van der Waals surface area contributed by atoms with Crippen LogP contribution in [0.25, 0.3) is 0 Å². The number of halogens is 1. The van der Waals surface area contributed by atoms with E-state index in [0.717, 1.165) is 25.7 Å². The number of rotatable bonds is 6. The van der Waals surface area contributed by atoms with Crippen molar-refractivity contribution in [3.05, 3.63) is 21.6 Å². The van der Waals surface area contributed by atoms with E-state index < -0.39 is 0 Å². The van der Waals surface area contributed by atoms with Gasteiger partial charge in [0.15, 0.2) is 0 Å². The molecule has 5 nitrogen and oxygen atoms in total. The minimum atomic E-state index is -0.220. The molecule has 0 aromatic carbocycles. The molecule has 0 bridgehead atoms. The molecule has 1 saturated carbocycles. The van der Waals surface area contributed by atoms with Crippen LogP contribution in [0.3, 0.4) is 0 Å². The summed E-state index contributed by atoms with van der Waals surface area (Å²) in [4.78, 5) is 12.0. The Hall–Kier alpha value is -1.07. The summed E-state index contributed by atoms with van der Waals surface area (Å²) in [6.45, 7) is 2.69. The second-order valence-corrected chi connectivity index (χ2v) is 5.30. The SMILES string of the molecule is CCCCn1ncc(NC2CC(OC)C2)c(Cl)c1=O. The molecule has 1 aliphatic carbocycles. The van der Waals surface area contributed by atoms with Crippen molar-refractivity contribution in [1.82, 2.24) is 9.78 Å². The molecule has 106 valence electrons. The lowest BCUT2D eigenvalue weighted by molar-refractivity contribution is 0.0328. The number of hydrogen-bond donors (Lipinski definition) is 1. The van der Waals surface area contributed by atoms with Crippen LogP contribution < -0.4 is 10.9 Å². The third-order valence-electron chi connectivity index (χ3n) is 3.50. The number of nitrogens with zero attached hydrogens (tertiary/aromatic N) is 2. The molecule has 1 aromatic heterocycles. The van der Waals surface area contributed by atoms with Crippen molar-refractivity contribution >= 4 is 17.3 Å². The van der Waals surface area contributed by atoms with E-state index in [0.29, 0.717) is 24.4 Å². The number of anilines is 1. The molecular weight excluding hydrogens is 266 g/mol. The zero-order chi connectivity index (χ0) is 13.8. The summed E-state index contributed by atoms with van der Waals surface area (Å²) in [7, 11) is 1.71. The molecule has 1 N–H and O–H groups in total. The van der Waals surface area contributed by atoms with E-state index in [9.17, 15) is 4.79 Å². The van der Waals surface area contributed by atoms with Crippen molar-refractivity contribution in [2.75, 3.05) is 12.4 Å². The number of aromatic nitrogens is 2. The Balaban J connectivity index is 2.02. The van der Waals surface area contributed by atoms with Crippen molar-refractivity contribution in [2.24, 2.45) is 0 Å². The van der Waals surface area contributed by atoms with Crippen LogP contribution in [0.2, 0.25) is 5.02 Å². The summed E-state index contributed by atoms with van der Waals surface area (Å²) in [5, 5.41) is 7.63. The fourth-order valence-corrected chi connectivity index (χ4v) is 2.33. The van der Waals surface area contributed by atoms with Gasteiger partial charge in [0, 0.05) is 19.7 Å². The summed E-state index contributed by atoms with van der Waals surface area (Å²) in [5.41, 5.74) is 0.404. The number of ether oxygens (including phenoxy) is 1. The summed E-state index contributed by atoms with van der Waals surface area (Å²) in [6, 6.07) is 0.315. The molecule has 1 heterocycles. The zero-order valence-corrected chi connectivity index (χ0v) is 12.1. The van der Waals surface area contributed by atoms with Crippen molar-refractivity contribution in [3.8, 4) is 0 Å². The lowest BCUT2D eigenvalue weighted by atomic mass is 9.89. The third-order valence-corrected chi connectivity index (χ3v) is 3.86. The standard InChI is InChI=1S/C13H20ClN3O2/c1-3-4-5-17-13(18)12(14)11(8-15-17)16-9-6-10(7-9)19-2/h8-10,16H,3-7H2,1-2H3. The lowest BCUT2D eigenvalue weighted by Crippen LogP contribution is -2.40. The van der Waals surface area contributed by atoms with E-state index in [1.165, 1.54) is 4.68 Å². The van der Waals surface area contributed by atoms with Gasteiger partial charge < -0.3 is 10.1 Å². The van der Waals surface area contributed by atoms with E-state index in [-0.39, 0.29) is 10.6 Å². The zero-order valence-electron chi connectivity index (χ0n) is 11.4. The third kappa shape index (κ3) is 3.28. The van der Waals surface area contributed by atoms with Gasteiger partial charge in [-0.1, -0.05) is 24.9 Å². The highest BCUT2D eigenvalue weighted by Crippen LogP contribution is 2.27. The van der Waals surface area contributed by atoms with Gasteiger partial charge in [-0.2, -0.15) is 5.10 Å². The number of methoxy groups -OCH3 is 1. The monoisotopic (exact) mass is 285 g/mol. The second-order valence-electron chi connectivity index (χ2n) is 4.92. The first-order valence-electron chi connectivity index (χ1n) is 6.70. The largest absolute Gasteiger partial charge is 0.381 e. The molecule has 0 aliphatic heterocycles. The molecule has 0 spiro atoms. The van der Waals surface area contributed by atoms with Crippen LogP contribution in [-0.4, -0.2) is 29.0 Å². The summed E-state index contributed by atoms with van der Waals surface area (Å²) in [6.07, 6.45) is 5.77. The average Bonchev–Trinajstić information content (AvgIpc) is 2.37. The molecule has 6 heteroatoms. The van der Waals surface area contributed by atoms with Gasteiger partial charge in [-0.25, -0.2) is 4.68 Å². The molecule has 0 saturated heterocycles. The minimum Gasteiger partial charge on any atom is -0.381 e. The van der Waals surface area contributed by atoms with Crippen LogP contribution in [0.1, 0.15) is 32.6 Å². The highest BCUT2D eigenvalue weighted by molar-refractivity contribution is 6.32. The van der Waals surface area contributed by atoms with Crippen molar-refractivity contribution in [3.63, 3.8) is 0 Å². The molecule has 0 amide bonds. The average molecular weight is 286 g/mol. The normalized spacial score (nSPS) is 22.1. The molecule has 1 fully saturated rings. The van der Waals surface area contributed by atoms with Crippen LogP contribution in [-0.2, 0) is 11.3 Å². The topological polar surface area (TPSA) is 56.1 Å². The van der Waals surface area contributed by atoms with E-state index in [1.54, 1.807) is 13.3 Å². The fraction of sp³-hybridized carbons (Fsp3) is 0.692. The van der Waals surface area contributed by atoms with E-state index in [1.807, 2.05) is 0 Å². The van der Waals surface area contributed by atoms with Crippen LogP contribution in [0.4, 0.5) is 5.69 Å². The predicted molar refractivity (Wildman–Crippen MR) is 75.9 cm³/mol. The highest BCUT2D eigenvalue weighted by atomic mass is 35.5. The second kappa shape index (κ2) is 6.39. The fourth-order valence-electron chi connectivity index (χ4n) is 2.13. The van der Waals surface area contributed by atoms with E-state index >= 15 is 0 Å². The summed E-state index contributed by atoms with van der Waals surface area (Å²) >= 11 is 6.11. The Morgan fingerprint density at radius 1 is 1.58 bits per heavy atom. The first kappa shape index (κ1) is 14.3. The minimum absolute atomic E-state index is 0.220. The maximum atomic E-state index is 12.0. The Morgan fingerprint density at radius 2 is 2.32 bits per heavy atom. The van der Waals surface area contributed by atoms with Gasteiger partial charge in [-0.05, 0) is 19.3 Å². The molecule has 0 unspecified atom stereocenters. The van der Waals surface area contributed by atoms with Gasteiger partial charge >= 0.3 is 0 Å². The van der Waals surface area contributed by atoms with Crippen molar-refractivity contribution in [1.29, 1.82) is 0 Å². The van der Waals surface area contributed by atoms with Gasteiger partial charge in [-0.3, -0.25) is 4.79 Å². The number of nitrogens with one attached hydrogen (secondary N) is 1.